The molecule has 1 fully saturated rings. The lowest BCUT2D eigenvalue weighted by molar-refractivity contribution is 0.273. The predicted octanol–water partition coefficient (Wildman–Crippen LogP) is 4.71. The number of likely N-dealkylation sites (tertiary alicyclic amines) is 1. The second-order valence-corrected chi connectivity index (χ2v) is 8.00. The van der Waals surface area contributed by atoms with Crippen LogP contribution in [-0.4, -0.2) is 43.9 Å². The van der Waals surface area contributed by atoms with Crippen LogP contribution in [0.1, 0.15) is 49.2 Å². The van der Waals surface area contributed by atoms with Crippen LogP contribution in [0.3, 0.4) is 0 Å². The third-order valence-corrected chi connectivity index (χ3v) is 6.09. The Kier molecular flexibility index (Phi) is 5.36. The van der Waals surface area contributed by atoms with Crippen LogP contribution in [0, 0.1) is 20.8 Å². The lowest BCUT2D eigenvalue weighted by atomic mass is 10.1. The second-order valence-electron chi connectivity index (χ2n) is 8.00. The van der Waals surface area contributed by atoms with Gasteiger partial charge in [0.05, 0.1) is 35.3 Å². The Hall–Kier alpha value is -2.40. The summed E-state index contributed by atoms with van der Waals surface area (Å²) in [5.74, 6) is 0. The first kappa shape index (κ1) is 18.9. The Bertz CT molecular complexity index is 946. The number of hydrogen-bond donors (Lipinski definition) is 0. The van der Waals surface area contributed by atoms with Gasteiger partial charge in [0.25, 0.3) is 0 Å². The van der Waals surface area contributed by atoms with Crippen LogP contribution in [0.15, 0.2) is 36.8 Å². The lowest BCUT2D eigenvalue weighted by Gasteiger charge is -2.25. The van der Waals surface area contributed by atoms with E-state index in [0.717, 1.165) is 24.3 Å². The van der Waals surface area contributed by atoms with Crippen molar-refractivity contribution < 1.29 is 0 Å². The van der Waals surface area contributed by atoms with Gasteiger partial charge in [0.1, 0.15) is 0 Å². The molecule has 0 amide bonds. The number of rotatable bonds is 6. The van der Waals surface area contributed by atoms with E-state index in [9.17, 15) is 0 Å². The Morgan fingerprint density at radius 2 is 1.82 bits per heavy atom. The van der Waals surface area contributed by atoms with Gasteiger partial charge >= 0.3 is 0 Å². The Morgan fingerprint density at radius 3 is 2.54 bits per heavy atom. The molecule has 148 valence electrons. The molecule has 0 bridgehead atoms. The van der Waals surface area contributed by atoms with Crippen molar-refractivity contribution in [3.05, 3.63) is 53.7 Å². The van der Waals surface area contributed by atoms with Crippen LogP contribution in [0.2, 0.25) is 0 Å². The standard InChI is InChI=1S/C23H31N5/c1-5-20(15-26-12-8-9-13-26)27-16-24-14-22(27)23-18(3)25-28(19(23)4)21-11-7-6-10-17(21)2/h6-7,10-11,14,16,20H,5,8-9,12-13,15H2,1-4H3. The molecule has 5 heteroatoms. The number of hydrogen-bond acceptors (Lipinski definition) is 3. The highest BCUT2D eigenvalue weighted by Crippen LogP contribution is 2.32. The Labute approximate surface area is 168 Å². The monoisotopic (exact) mass is 377 g/mol. The fourth-order valence-electron chi connectivity index (χ4n) is 4.52. The fourth-order valence-corrected chi connectivity index (χ4v) is 4.52. The maximum absolute atomic E-state index is 4.89. The molecule has 1 unspecified atom stereocenters. The largest absolute Gasteiger partial charge is 0.326 e. The molecule has 1 aliphatic heterocycles. The topological polar surface area (TPSA) is 38.9 Å². The molecule has 0 N–H and O–H groups in total. The van der Waals surface area contributed by atoms with E-state index in [1.807, 2.05) is 12.5 Å². The smallest absolute Gasteiger partial charge is 0.0954 e. The van der Waals surface area contributed by atoms with Crippen molar-refractivity contribution >= 4 is 0 Å². The molecule has 28 heavy (non-hydrogen) atoms. The van der Waals surface area contributed by atoms with Crippen molar-refractivity contribution in [3.63, 3.8) is 0 Å². The quantitative estimate of drug-likeness (QED) is 0.624. The van der Waals surface area contributed by atoms with Crippen molar-refractivity contribution in [2.24, 2.45) is 0 Å². The van der Waals surface area contributed by atoms with E-state index in [4.69, 9.17) is 5.10 Å². The van der Waals surface area contributed by atoms with E-state index in [1.165, 1.54) is 48.4 Å². The number of aromatic nitrogens is 4. The summed E-state index contributed by atoms with van der Waals surface area (Å²) in [6.45, 7) is 12.2. The Balaban J connectivity index is 1.73. The molecule has 0 aliphatic carbocycles. The number of para-hydroxylation sites is 1. The summed E-state index contributed by atoms with van der Waals surface area (Å²) >= 11 is 0. The van der Waals surface area contributed by atoms with Crippen LogP contribution in [0.25, 0.3) is 16.9 Å². The van der Waals surface area contributed by atoms with Crippen molar-refractivity contribution in [2.45, 2.75) is 53.0 Å². The Morgan fingerprint density at radius 1 is 1.07 bits per heavy atom. The molecule has 3 aromatic rings. The molecule has 1 atom stereocenters. The predicted molar refractivity (Wildman–Crippen MR) is 114 cm³/mol. The highest BCUT2D eigenvalue weighted by atomic mass is 15.3. The summed E-state index contributed by atoms with van der Waals surface area (Å²) < 4.78 is 4.45. The zero-order valence-corrected chi connectivity index (χ0v) is 17.5. The molecule has 2 aromatic heterocycles. The fraction of sp³-hybridized carbons (Fsp3) is 0.478. The van der Waals surface area contributed by atoms with Crippen LogP contribution >= 0.6 is 0 Å². The summed E-state index contributed by atoms with van der Waals surface area (Å²) in [6, 6.07) is 8.87. The molecule has 0 saturated carbocycles. The van der Waals surface area contributed by atoms with E-state index in [2.05, 4.69) is 71.1 Å². The van der Waals surface area contributed by atoms with Crippen molar-refractivity contribution in [3.8, 4) is 16.9 Å². The van der Waals surface area contributed by atoms with E-state index in [-0.39, 0.29) is 0 Å². The van der Waals surface area contributed by atoms with E-state index in [0.29, 0.717) is 6.04 Å². The number of benzene rings is 1. The van der Waals surface area contributed by atoms with Gasteiger partial charge in [-0.2, -0.15) is 5.10 Å². The third kappa shape index (κ3) is 3.39. The van der Waals surface area contributed by atoms with Gasteiger partial charge in [-0.1, -0.05) is 25.1 Å². The summed E-state index contributed by atoms with van der Waals surface area (Å²) in [5.41, 5.74) is 6.99. The average molecular weight is 378 g/mol. The minimum absolute atomic E-state index is 0.441. The molecule has 5 nitrogen and oxygen atoms in total. The maximum Gasteiger partial charge on any atom is 0.0954 e. The molecule has 4 rings (SSSR count). The number of aryl methyl sites for hydroxylation is 2. The van der Waals surface area contributed by atoms with Crippen molar-refractivity contribution in [1.82, 2.24) is 24.2 Å². The van der Waals surface area contributed by atoms with Gasteiger partial charge in [-0.15, -0.1) is 0 Å². The van der Waals surface area contributed by atoms with E-state index >= 15 is 0 Å². The van der Waals surface area contributed by atoms with Gasteiger partial charge < -0.3 is 9.47 Å². The minimum Gasteiger partial charge on any atom is -0.326 e. The SMILES string of the molecule is CCC(CN1CCCC1)n1cncc1-c1c(C)nn(-c2ccccc2C)c1C. The van der Waals surface area contributed by atoms with Gasteiger partial charge in [0, 0.05) is 18.2 Å². The van der Waals surface area contributed by atoms with Crippen LogP contribution in [0.4, 0.5) is 0 Å². The van der Waals surface area contributed by atoms with Gasteiger partial charge in [0.2, 0.25) is 0 Å². The highest BCUT2D eigenvalue weighted by Gasteiger charge is 2.23. The molecule has 3 heterocycles. The summed E-state index contributed by atoms with van der Waals surface area (Å²) in [7, 11) is 0. The first-order valence-electron chi connectivity index (χ1n) is 10.5. The molecule has 1 aliphatic rings. The first-order valence-corrected chi connectivity index (χ1v) is 10.5. The minimum atomic E-state index is 0.441. The first-order chi connectivity index (χ1) is 13.6. The zero-order chi connectivity index (χ0) is 19.7. The van der Waals surface area contributed by atoms with Crippen LogP contribution < -0.4 is 0 Å². The molecule has 1 saturated heterocycles. The molecule has 0 radical (unpaired) electrons. The van der Waals surface area contributed by atoms with Gasteiger partial charge in [-0.05, 0) is 64.8 Å². The van der Waals surface area contributed by atoms with Crippen molar-refractivity contribution in [1.29, 1.82) is 0 Å². The van der Waals surface area contributed by atoms with Gasteiger partial charge in [0.15, 0.2) is 0 Å². The zero-order valence-electron chi connectivity index (χ0n) is 17.5. The highest BCUT2D eigenvalue weighted by molar-refractivity contribution is 5.66. The molecular formula is C23H31N5. The normalized spacial score (nSPS) is 16.0. The van der Waals surface area contributed by atoms with Gasteiger partial charge in [-0.3, -0.25) is 0 Å². The van der Waals surface area contributed by atoms with E-state index in [1.54, 1.807) is 0 Å². The number of nitrogens with zero attached hydrogens (tertiary/aromatic N) is 5. The maximum atomic E-state index is 4.89. The van der Waals surface area contributed by atoms with Crippen LogP contribution in [0.5, 0.6) is 0 Å². The molecule has 1 aromatic carbocycles. The van der Waals surface area contributed by atoms with Crippen LogP contribution in [-0.2, 0) is 0 Å². The lowest BCUT2D eigenvalue weighted by Crippen LogP contribution is -2.28. The second kappa shape index (κ2) is 7.92. The third-order valence-electron chi connectivity index (χ3n) is 6.09. The van der Waals surface area contributed by atoms with E-state index < -0.39 is 0 Å². The summed E-state index contributed by atoms with van der Waals surface area (Å²) in [6.07, 6.45) is 7.77. The number of imidazole rings is 1. The van der Waals surface area contributed by atoms with Crippen molar-refractivity contribution in [2.75, 3.05) is 19.6 Å². The molecular weight excluding hydrogens is 346 g/mol. The summed E-state index contributed by atoms with van der Waals surface area (Å²) in [4.78, 5) is 7.12. The van der Waals surface area contributed by atoms with Gasteiger partial charge in [-0.25, -0.2) is 9.67 Å². The summed E-state index contributed by atoms with van der Waals surface area (Å²) in [5, 5.41) is 4.89. The molecule has 0 spiro atoms. The average Bonchev–Trinajstić information content (AvgIpc) is 3.41.